The molecule has 0 fully saturated rings. The van der Waals surface area contributed by atoms with Crippen LogP contribution >= 0.6 is 0 Å². The van der Waals surface area contributed by atoms with Gasteiger partial charge < -0.3 is 0 Å². The number of nitrogens with one attached hydrogen (secondary N) is 1. The number of hydrazine groups is 1. The zero-order valence-electron chi connectivity index (χ0n) is 11.8. The molecule has 108 valence electrons. The second kappa shape index (κ2) is 6.58. The molecule has 1 aromatic carbocycles. The maximum Gasteiger partial charge on any atom is 0.138 e. The van der Waals surface area contributed by atoms with Gasteiger partial charge in [0.15, 0.2) is 0 Å². The van der Waals surface area contributed by atoms with E-state index in [1.54, 1.807) is 6.07 Å². The predicted molar refractivity (Wildman–Crippen MR) is 75.2 cm³/mol. The summed E-state index contributed by atoms with van der Waals surface area (Å²) in [5.41, 5.74) is 4.10. The van der Waals surface area contributed by atoms with E-state index in [0.717, 1.165) is 24.4 Å². The second-order valence-electron chi connectivity index (χ2n) is 4.85. The van der Waals surface area contributed by atoms with Crippen LogP contribution in [-0.2, 0) is 13.0 Å². The number of halogens is 1. The van der Waals surface area contributed by atoms with Gasteiger partial charge in [-0.2, -0.15) is 5.10 Å². The quantitative estimate of drug-likeness (QED) is 0.625. The van der Waals surface area contributed by atoms with Gasteiger partial charge in [0.05, 0.1) is 6.04 Å². The van der Waals surface area contributed by atoms with Crippen LogP contribution in [0.5, 0.6) is 0 Å². The third-order valence-electron chi connectivity index (χ3n) is 3.25. The van der Waals surface area contributed by atoms with Crippen LogP contribution in [0.2, 0.25) is 0 Å². The molecule has 0 radical (unpaired) electrons. The Morgan fingerprint density at radius 3 is 2.90 bits per heavy atom. The number of hydrogen-bond acceptors (Lipinski definition) is 4. The van der Waals surface area contributed by atoms with Gasteiger partial charge in [-0.05, 0) is 25.0 Å². The lowest BCUT2D eigenvalue weighted by molar-refractivity contribution is 0.478. The molecule has 0 aliphatic heterocycles. The van der Waals surface area contributed by atoms with Gasteiger partial charge in [0.2, 0.25) is 0 Å². The molecule has 20 heavy (non-hydrogen) atoms. The molecule has 2 aromatic rings. The van der Waals surface area contributed by atoms with Gasteiger partial charge >= 0.3 is 0 Å². The molecule has 0 aliphatic carbocycles. The standard InChI is InChI=1S/C14H20FN5/c1-3-6-20-14(17-9-18-20)8-13(19-16)11-5-4-10(2)7-12(11)15/h4-5,7,9,13,19H,3,6,8,16H2,1-2H3. The van der Waals surface area contributed by atoms with Crippen LogP contribution in [0.3, 0.4) is 0 Å². The average Bonchev–Trinajstić information content (AvgIpc) is 2.84. The van der Waals surface area contributed by atoms with E-state index in [1.807, 2.05) is 17.7 Å². The smallest absolute Gasteiger partial charge is 0.138 e. The van der Waals surface area contributed by atoms with Crippen LogP contribution < -0.4 is 11.3 Å². The van der Waals surface area contributed by atoms with Gasteiger partial charge in [0.1, 0.15) is 18.0 Å². The Kier molecular flexibility index (Phi) is 4.81. The SMILES string of the molecule is CCCn1ncnc1CC(NN)c1ccc(C)cc1F. The van der Waals surface area contributed by atoms with Gasteiger partial charge in [-0.1, -0.05) is 19.1 Å². The van der Waals surface area contributed by atoms with Crippen molar-refractivity contribution in [2.24, 2.45) is 5.84 Å². The maximum atomic E-state index is 14.0. The van der Waals surface area contributed by atoms with Crippen molar-refractivity contribution in [3.05, 3.63) is 47.3 Å². The fourth-order valence-electron chi connectivity index (χ4n) is 2.20. The van der Waals surface area contributed by atoms with Crippen molar-refractivity contribution in [1.82, 2.24) is 20.2 Å². The molecule has 0 saturated carbocycles. The number of rotatable bonds is 6. The molecule has 2 rings (SSSR count). The third-order valence-corrected chi connectivity index (χ3v) is 3.25. The normalized spacial score (nSPS) is 12.6. The lowest BCUT2D eigenvalue weighted by atomic mass is 10.0. The summed E-state index contributed by atoms with van der Waals surface area (Å²) >= 11 is 0. The van der Waals surface area contributed by atoms with Crippen molar-refractivity contribution in [3.63, 3.8) is 0 Å². The zero-order valence-corrected chi connectivity index (χ0v) is 11.8. The van der Waals surface area contributed by atoms with E-state index >= 15 is 0 Å². The van der Waals surface area contributed by atoms with Crippen LogP contribution in [0.15, 0.2) is 24.5 Å². The summed E-state index contributed by atoms with van der Waals surface area (Å²) in [6.45, 7) is 4.72. The highest BCUT2D eigenvalue weighted by molar-refractivity contribution is 5.26. The Morgan fingerprint density at radius 1 is 1.45 bits per heavy atom. The summed E-state index contributed by atoms with van der Waals surface area (Å²) in [5, 5.41) is 4.17. The van der Waals surface area contributed by atoms with Crippen molar-refractivity contribution in [1.29, 1.82) is 0 Å². The highest BCUT2D eigenvalue weighted by Gasteiger charge is 2.18. The van der Waals surface area contributed by atoms with Crippen LogP contribution in [0.4, 0.5) is 4.39 Å². The molecular weight excluding hydrogens is 257 g/mol. The van der Waals surface area contributed by atoms with Crippen molar-refractivity contribution in [2.45, 2.75) is 39.3 Å². The topological polar surface area (TPSA) is 68.8 Å². The highest BCUT2D eigenvalue weighted by Crippen LogP contribution is 2.21. The maximum absolute atomic E-state index is 14.0. The zero-order chi connectivity index (χ0) is 14.5. The van der Waals surface area contributed by atoms with Crippen molar-refractivity contribution in [3.8, 4) is 0 Å². The van der Waals surface area contributed by atoms with E-state index in [4.69, 9.17) is 5.84 Å². The first-order chi connectivity index (χ1) is 9.65. The first kappa shape index (κ1) is 14.6. The minimum Gasteiger partial charge on any atom is -0.271 e. The minimum atomic E-state index is -0.324. The second-order valence-corrected chi connectivity index (χ2v) is 4.85. The first-order valence-corrected chi connectivity index (χ1v) is 6.74. The van der Waals surface area contributed by atoms with E-state index in [9.17, 15) is 4.39 Å². The predicted octanol–water partition coefficient (Wildman–Crippen LogP) is 1.88. The van der Waals surface area contributed by atoms with Crippen LogP contribution in [-0.4, -0.2) is 14.8 Å². The van der Waals surface area contributed by atoms with Crippen LogP contribution in [0, 0.1) is 12.7 Å². The summed E-state index contributed by atoms with van der Waals surface area (Å²) in [4.78, 5) is 4.23. The number of nitrogens with zero attached hydrogens (tertiary/aromatic N) is 3. The monoisotopic (exact) mass is 277 g/mol. The van der Waals surface area contributed by atoms with E-state index in [1.165, 1.54) is 12.4 Å². The Balaban J connectivity index is 2.22. The van der Waals surface area contributed by atoms with Crippen molar-refractivity contribution in [2.75, 3.05) is 0 Å². The van der Waals surface area contributed by atoms with E-state index in [2.05, 4.69) is 22.4 Å². The Morgan fingerprint density at radius 2 is 2.25 bits per heavy atom. The fourth-order valence-corrected chi connectivity index (χ4v) is 2.20. The molecule has 6 heteroatoms. The van der Waals surface area contributed by atoms with E-state index in [-0.39, 0.29) is 11.9 Å². The molecule has 1 atom stereocenters. The molecule has 1 unspecified atom stereocenters. The molecule has 1 aromatic heterocycles. The molecule has 0 saturated heterocycles. The van der Waals surface area contributed by atoms with Gasteiger partial charge in [0.25, 0.3) is 0 Å². The Bertz CT molecular complexity index is 566. The third kappa shape index (κ3) is 3.20. The van der Waals surface area contributed by atoms with Gasteiger partial charge in [-0.25, -0.2) is 9.37 Å². The molecule has 1 heterocycles. The van der Waals surface area contributed by atoms with Crippen LogP contribution in [0.1, 0.15) is 36.3 Å². The molecule has 0 spiro atoms. The number of hydrogen-bond donors (Lipinski definition) is 2. The molecular formula is C14H20FN5. The molecule has 3 N–H and O–H groups in total. The summed E-state index contributed by atoms with van der Waals surface area (Å²) < 4.78 is 15.9. The van der Waals surface area contributed by atoms with Crippen molar-refractivity contribution < 1.29 is 4.39 Å². The molecule has 0 aliphatic rings. The number of benzene rings is 1. The van der Waals surface area contributed by atoms with E-state index in [0.29, 0.717) is 12.0 Å². The first-order valence-electron chi connectivity index (χ1n) is 6.74. The summed E-state index contributed by atoms with van der Waals surface area (Å²) in [6.07, 6.45) is 2.98. The van der Waals surface area contributed by atoms with Gasteiger partial charge in [-0.15, -0.1) is 0 Å². The van der Waals surface area contributed by atoms with Crippen LogP contribution in [0.25, 0.3) is 0 Å². The largest absolute Gasteiger partial charge is 0.271 e. The lowest BCUT2D eigenvalue weighted by Gasteiger charge is -2.17. The summed E-state index contributed by atoms with van der Waals surface area (Å²) in [5.74, 6) is 6.12. The minimum absolute atomic E-state index is 0.255. The van der Waals surface area contributed by atoms with Gasteiger partial charge in [-0.3, -0.25) is 16.0 Å². The van der Waals surface area contributed by atoms with E-state index < -0.39 is 0 Å². The number of nitrogens with two attached hydrogens (primary N) is 1. The molecule has 5 nitrogen and oxygen atoms in total. The summed E-state index contributed by atoms with van der Waals surface area (Å²) in [7, 11) is 0. The van der Waals surface area contributed by atoms with Gasteiger partial charge in [0, 0.05) is 18.5 Å². The number of aromatic nitrogens is 3. The highest BCUT2D eigenvalue weighted by atomic mass is 19.1. The fraction of sp³-hybridized carbons (Fsp3) is 0.429. The molecule has 0 amide bonds. The Hall–Kier alpha value is -1.79. The summed E-state index contributed by atoms with van der Waals surface area (Å²) in [6, 6.07) is 4.82. The van der Waals surface area contributed by atoms with Crippen molar-refractivity contribution >= 4 is 0 Å². The average molecular weight is 277 g/mol. The number of aryl methyl sites for hydroxylation is 2. The molecule has 0 bridgehead atoms. The lowest BCUT2D eigenvalue weighted by Crippen LogP contribution is -2.31. The Labute approximate surface area is 118 Å².